The van der Waals surface area contributed by atoms with Crippen LogP contribution in [0, 0.1) is 0 Å². The van der Waals surface area contributed by atoms with Crippen LogP contribution in [-0.4, -0.2) is 44.3 Å². The van der Waals surface area contributed by atoms with E-state index in [1.807, 2.05) is 0 Å². The van der Waals surface area contributed by atoms with Crippen molar-refractivity contribution in [2.45, 2.75) is 256 Å². The van der Waals surface area contributed by atoms with Gasteiger partial charge < -0.3 is 21.3 Å². The molecule has 4 N–H and O–H groups in total. The normalized spacial score (nSPS) is 32.8. The van der Waals surface area contributed by atoms with Crippen molar-refractivity contribution in [3.63, 3.8) is 0 Å². The van der Waals surface area contributed by atoms with Crippen molar-refractivity contribution >= 4 is 10.8 Å². The maximum Gasteiger partial charge on any atom is 0.0135 e. The van der Waals surface area contributed by atoms with E-state index in [-0.39, 0.29) is 44.3 Å². The summed E-state index contributed by atoms with van der Waals surface area (Å²) in [5.74, 6) is 2.17. The van der Waals surface area contributed by atoms with Gasteiger partial charge in [-0.2, -0.15) is 0 Å². The van der Waals surface area contributed by atoms with E-state index in [2.05, 4.69) is 156 Å². The van der Waals surface area contributed by atoms with Gasteiger partial charge in [0.05, 0.1) is 0 Å². The van der Waals surface area contributed by atoms with Crippen molar-refractivity contribution in [3.8, 4) is 0 Å². The highest BCUT2D eigenvalue weighted by atomic mass is 15.1. The summed E-state index contributed by atoms with van der Waals surface area (Å²) in [7, 11) is 0. The number of nitrogens with one attached hydrogen (secondary N) is 4. The average molecular weight is 741 g/mol. The summed E-state index contributed by atoms with van der Waals surface area (Å²) in [5, 5.41) is 19.3. The van der Waals surface area contributed by atoms with Crippen molar-refractivity contribution in [3.05, 3.63) is 46.5 Å². The predicted molar refractivity (Wildman–Crippen MR) is 235 cm³/mol. The molecule has 304 valence electrons. The highest BCUT2D eigenvalue weighted by molar-refractivity contribution is 5.86. The largest absolute Gasteiger partial charge is 0.307 e. The molecule has 4 heterocycles. The zero-order valence-electron chi connectivity index (χ0n) is 38.1. The Bertz CT molecular complexity index is 1430. The molecule has 4 nitrogen and oxygen atoms in total. The smallest absolute Gasteiger partial charge is 0.0135 e. The summed E-state index contributed by atoms with van der Waals surface area (Å²) in [6, 6.07) is 10.9. The van der Waals surface area contributed by atoms with E-state index in [1.54, 1.807) is 22.3 Å². The lowest BCUT2D eigenvalue weighted by molar-refractivity contribution is 0.265. The van der Waals surface area contributed by atoms with Crippen LogP contribution < -0.4 is 21.3 Å². The molecule has 4 atom stereocenters. The van der Waals surface area contributed by atoms with Gasteiger partial charge in [0.2, 0.25) is 0 Å². The molecule has 0 spiro atoms. The molecular weight excluding hydrogens is 657 g/mol. The van der Waals surface area contributed by atoms with Crippen LogP contribution in [0.5, 0.6) is 0 Å². The molecule has 6 rings (SSSR count). The third kappa shape index (κ3) is 10.2. The van der Waals surface area contributed by atoms with Crippen LogP contribution in [0.15, 0.2) is 24.3 Å². The molecule has 0 bridgehead atoms. The number of benzene rings is 2. The minimum absolute atomic E-state index is 0.0814. The molecule has 4 unspecified atom stereocenters. The first kappa shape index (κ1) is 42.2. The first-order valence-electron chi connectivity index (χ1n) is 22.3. The van der Waals surface area contributed by atoms with Gasteiger partial charge in [-0.05, 0) is 245 Å². The zero-order chi connectivity index (χ0) is 39.9. The molecule has 0 radical (unpaired) electrons. The standard InChI is InChI=1S/C50H84N4/c1-43(2)21-17-33(29-47(9,10)51-43)39-25-37-27-41(35-19-23-45(5,6)53-49(13,14)31-35)42(36-20-24-46(7,8)54-50(15,16)32-36)28-38(37)26-40(39)34-18-22-44(3,4)52-48(11,12)30-34/h25-28,33-36,51-54H,17-24,29-32H2,1-16H3. The fourth-order valence-electron chi connectivity index (χ4n) is 13.0. The first-order valence-corrected chi connectivity index (χ1v) is 22.3. The Balaban J connectivity index is 1.57. The Morgan fingerprint density at radius 1 is 0.315 bits per heavy atom. The van der Waals surface area contributed by atoms with E-state index >= 15 is 0 Å². The molecule has 54 heavy (non-hydrogen) atoms. The molecule has 0 aliphatic carbocycles. The highest BCUT2D eigenvalue weighted by Crippen LogP contribution is 2.49. The predicted octanol–water partition coefficient (Wildman–Crippen LogP) is 12.5. The van der Waals surface area contributed by atoms with Gasteiger partial charge in [0.15, 0.2) is 0 Å². The summed E-state index contributed by atoms with van der Waals surface area (Å²) in [6.45, 7) is 39.0. The van der Waals surface area contributed by atoms with Gasteiger partial charge in [-0.15, -0.1) is 0 Å². The molecule has 4 aliphatic rings. The van der Waals surface area contributed by atoms with Crippen molar-refractivity contribution in [2.24, 2.45) is 0 Å². The second-order valence-corrected chi connectivity index (χ2v) is 24.6. The summed E-state index contributed by atoms with van der Waals surface area (Å²) in [5.41, 5.74) is 7.49. The van der Waals surface area contributed by atoms with Gasteiger partial charge >= 0.3 is 0 Å². The Kier molecular flexibility index (Phi) is 11.0. The Labute approximate surface area is 333 Å². The fraction of sp³-hybridized carbons (Fsp3) is 0.800. The second kappa shape index (κ2) is 14.1. The van der Waals surface area contributed by atoms with E-state index in [0.717, 1.165) is 0 Å². The van der Waals surface area contributed by atoms with Gasteiger partial charge in [0.25, 0.3) is 0 Å². The van der Waals surface area contributed by atoms with Crippen molar-refractivity contribution < 1.29 is 0 Å². The van der Waals surface area contributed by atoms with Crippen molar-refractivity contribution in [2.75, 3.05) is 0 Å². The van der Waals surface area contributed by atoms with Crippen LogP contribution in [0.25, 0.3) is 10.8 Å². The second-order valence-electron chi connectivity index (χ2n) is 24.6. The maximum absolute atomic E-state index is 4.08. The number of hydrogen-bond donors (Lipinski definition) is 4. The van der Waals surface area contributed by atoms with Crippen LogP contribution in [0.4, 0.5) is 0 Å². The lowest BCUT2D eigenvalue weighted by Crippen LogP contribution is -2.50. The molecule has 0 saturated carbocycles. The lowest BCUT2D eigenvalue weighted by Gasteiger charge is -2.36. The van der Waals surface area contributed by atoms with Crippen LogP contribution in [0.1, 0.15) is 234 Å². The van der Waals surface area contributed by atoms with Gasteiger partial charge in [0, 0.05) is 44.3 Å². The monoisotopic (exact) mass is 741 g/mol. The van der Waals surface area contributed by atoms with Crippen LogP contribution in [0.3, 0.4) is 0 Å². The Morgan fingerprint density at radius 2 is 0.500 bits per heavy atom. The van der Waals surface area contributed by atoms with Crippen molar-refractivity contribution in [1.82, 2.24) is 21.3 Å². The number of rotatable bonds is 4. The third-order valence-electron chi connectivity index (χ3n) is 14.2. The van der Waals surface area contributed by atoms with E-state index in [1.165, 1.54) is 87.8 Å². The van der Waals surface area contributed by atoms with E-state index in [0.29, 0.717) is 23.7 Å². The molecule has 2 aromatic carbocycles. The topological polar surface area (TPSA) is 48.1 Å². The first-order chi connectivity index (χ1) is 24.5. The van der Waals surface area contributed by atoms with E-state index in [9.17, 15) is 0 Å². The maximum atomic E-state index is 4.08. The van der Waals surface area contributed by atoms with Gasteiger partial charge in [-0.1, -0.05) is 24.3 Å². The highest BCUT2D eigenvalue weighted by Gasteiger charge is 2.41. The van der Waals surface area contributed by atoms with Crippen LogP contribution in [-0.2, 0) is 0 Å². The minimum Gasteiger partial charge on any atom is -0.307 e. The summed E-state index contributed by atoms with van der Waals surface area (Å²) in [6.07, 6.45) is 14.5. The Hall–Kier alpha value is -1.46. The number of hydrogen-bond acceptors (Lipinski definition) is 4. The fourth-order valence-corrected chi connectivity index (χ4v) is 13.0. The number of fused-ring (bicyclic) bond motifs is 1. The molecule has 4 fully saturated rings. The van der Waals surface area contributed by atoms with Crippen LogP contribution >= 0.6 is 0 Å². The molecule has 0 aromatic heterocycles. The van der Waals surface area contributed by atoms with Crippen molar-refractivity contribution in [1.29, 1.82) is 0 Å². The summed E-state index contributed by atoms with van der Waals surface area (Å²) >= 11 is 0. The molecule has 0 amide bonds. The van der Waals surface area contributed by atoms with Gasteiger partial charge in [0.1, 0.15) is 0 Å². The van der Waals surface area contributed by atoms with Gasteiger partial charge in [-0.3, -0.25) is 0 Å². The van der Waals surface area contributed by atoms with E-state index < -0.39 is 0 Å². The molecule has 4 aliphatic heterocycles. The quantitative estimate of drug-likeness (QED) is 0.252. The van der Waals surface area contributed by atoms with Gasteiger partial charge in [-0.25, -0.2) is 0 Å². The SMILES string of the molecule is CC1(C)CCC(c2cc3cc(C4CCC(C)(C)NC(C)(C)C4)c(C4CCC(C)(C)NC(C)(C)C4)cc3cc2C2CCC(C)(C)NC(C)(C)C2)CC(C)(C)N1. The average Bonchev–Trinajstić information content (AvgIpc) is 3.29. The molecule has 2 aromatic rings. The summed E-state index contributed by atoms with van der Waals surface area (Å²) in [4.78, 5) is 0. The van der Waals surface area contributed by atoms with Crippen LogP contribution in [0.2, 0.25) is 0 Å². The Morgan fingerprint density at radius 3 is 0.685 bits per heavy atom. The van der Waals surface area contributed by atoms with E-state index in [4.69, 9.17) is 0 Å². The molecular formula is C50H84N4. The zero-order valence-corrected chi connectivity index (χ0v) is 38.1. The molecule has 4 saturated heterocycles. The minimum atomic E-state index is 0.0814. The third-order valence-corrected chi connectivity index (χ3v) is 14.2. The summed E-state index contributed by atoms with van der Waals surface area (Å²) < 4.78 is 0. The molecule has 4 heteroatoms. The lowest BCUT2D eigenvalue weighted by atomic mass is 9.73.